The summed E-state index contributed by atoms with van der Waals surface area (Å²) in [6.07, 6.45) is 3.20. The summed E-state index contributed by atoms with van der Waals surface area (Å²) in [5, 5.41) is 2.80. The summed E-state index contributed by atoms with van der Waals surface area (Å²) in [5.41, 5.74) is 0.408. The first-order valence-electron chi connectivity index (χ1n) is 8.91. The van der Waals surface area contributed by atoms with E-state index in [9.17, 15) is 13.2 Å². The molecule has 0 saturated carbocycles. The quantitative estimate of drug-likeness (QED) is 0.802. The first-order chi connectivity index (χ1) is 11.8. The number of carbonyl (C=O) groups is 1. The molecule has 0 aromatic heterocycles. The zero-order chi connectivity index (χ0) is 18.4. The molecule has 0 spiro atoms. The molecule has 1 heterocycles. The normalized spacial score (nSPS) is 16.0. The molecule has 1 fully saturated rings. The van der Waals surface area contributed by atoms with E-state index in [1.807, 2.05) is 20.8 Å². The largest absolute Gasteiger partial charge is 0.492 e. The van der Waals surface area contributed by atoms with Gasteiger partial charge in [0.15, 0.2) is 0 Å². The van der Waals surface area contributed by atoms with E-state index < -0.39 is 10.0 Å². The molecule has 1 saturated heterocycles. The van der Waals surface area contributed by atoms with Crippen molar-refractivity contribution < 1.29 is 17.9 Å². The number of amides is 1. The third-order valence-electron chi connectivity index (χ3n) is 4.07. The fourth-order valence-electron chi connectivity index (χ4n) is 2.87. The van der Waals surface area contributed by atoms with Crippen molar-refractivity contribution in [2.24, 2.45) is 5.92 Å². The first-order valence-corrected chi connectivity index (χ1v) is 10.4. The Morgan fingerprint density at radius 3 is 2.52 bits per heavy atom. The van der Waals surface area contributed by atoms with Crippen molar-refractivity contribution in [1.82, 2.24) is 4.31 Å². The monoisotopic (exact) mass is 368 g/mol. The minimum atomic E-state index is -3.55. The van der Waals surface area contributed by atoms with Crippen LogP contribution in [-0.2, 0) is 14.8 Å². The molecule has 0 radical (unpaired) electrons. The van der Waals surface area contributed by atoms with Crippen molar-refractivity contribution in [1.29, 1.82) is 0 Å². The molecule has 25 heavy (non-hydrogen) atoms. The molecule has 140 valence electrons. The number of hydrogen-bond acceptors (Lipinski definition) is 4. The predicted molar refractivity (Wildman–Crippen MR) is 98.3 cm³/mol. The highest BCUT2D eigenvalue weighted by Gasteiger charge is 2.27. The second kappa shape index (κ2) is 8.67. The van der Waals surface area contributed by atoms with E-state index in [1.165, 1.54) is 10.4 Å². The van der Waals surface area contributed by atoms with Crippen molar-refractivity contribution in [2.75, 3.05) is 25.0 Å². The fraction of sp³-hybridized carbons (Fsp3) is 0.611. The Balaban J connectivity index is 2.30. The van der Waals surface area contributed by atoms with Gasteiger partial charge in [0.2, 0.25) is 15.9 Å². The predicted octanol–water partition coefficient (Wildman–Crippen LogP) is 3.24. The lowest BCUT2D eigenvalue weighted by atomic mass is 10.1. The second-order valence-electron chi connectivity index (χ2n) is 6.70. The number of carbonyl (C=O) groups excluding carboxylic acids is 1. The van der Waals surface area contributed by atoms with Gasteiger partial charge in [-0.05, 0) is 43.9 Å². The number of piperidine rings is 1. The maximum atomic E-state index is 12.8. The minimum Gasteiger partial charge on any atom is -0.492 e. The van der Waals surface area contributed by atoms with Gasteiger partial charge in [-0.15, -0.1) is 0 Å². The SMILES string of the molecule is CCOc1ccc(S(=O)(=O)N2CCCCC2)cc1NC(=O)CC(C)C. The Morgan fingerprint density at radius 1 is 1.24 bits per heavy atom. The number of rotatable bonds is 7. The second-order valence-corrected chi connectivity index (χ2v) is 8.64. The number of hydrogen-bond donors (Lipinski definition) is 1. The van der Waals surface area contributed by atoms with E-state index in [0.29, 0.717) is 37.6 Å². The summed E-state index contributed by atoms with van der Waals surface area (Å²) < 4.78 is 32.7. The lowest BCUT2D eigenvalue weighted by molar-refractivity contribution is -0.116. The Labute approximate surface area is 150 Å². The number of benzene rings is 1. The van der Waals surface area contributed by atoms with Gasteiger partial charge in [-0.2, -0.15) is 4.31 Å². The molecule has 1 aliphatic heterocycles. The van der Waals surface area contributed by atoms with Gasteiger partial charge in [0, 0.05) is 19.5 Å². The molecule has 0 unspecified atom stereocenters. The number of nitrogens with zero attached hydrogens (tertiary/aromatic N) is 1. The van der Waals surface area contributed by atoms with Crippen LogP contribution in [0.5, 0.6) is 5.75 Å². The van der Waals surface area contributed by atoms with Gasteiger partial charge in [-0.25, -0.2) is 8.42 Å². The molecular weight excluding hydrogens is 340 g/mol. The van der Waals surface area contributed by atoms with Crippen LogP contribution in [0.15, 0.2) is 23.1 Å². The highest BCUT2D eigenvalue weighted by Crippen LogP contribution is 2.30. The van der Waals surface area contributed by atoms with E-state index in [0.717, 1.165) is 19.3 Å². The molecule has 1 amide bonds. The van der Waals surface area contributed by atoms with Crippen LogP contribution in [0.2, 0.25) is 0 Å². The zero-order valence-corrected chi connectivity index (χ0v) is 16.1. The molecular formula is C18H28N2O4S. The average molecular weight is 368 g/mol. The summed E-state index contributed by atoms with van der Waals surface area (Å²) in [6, 6.07) is 4.67. The van der Waals surface area contributed by atoms with Gasteiger partial charge in [-0.1, -0.05) is 20.3 Å². The smallest absolute Gasteiger partial charge is 0.243 e. The van der Waals surface area contributed by atoms with Crippen LogP contribution < -0.4 is 10.1 Å². The number of nitrogens with one attached hydrogen (secondary N) is 1. The number of sulfonamides is 1. The van der Waals surface area contributed by atoms with Gasteiger partial charge in [0.05, 0.1) is 17.2 Å². The third-order valence-corrected chi connectivity index (χ3v) is 5.97. The van der Waals surface area contributed by atoms with E-state index >= 15 is 0 Å². The fourth-order valence-corrected chi connectivity index (χ4v) is 4.42. The molecule has 0 aliphatic carbocycles. The summed E-state index contributed by atoms with van der Waals surface area (Å²) in [5.74, 6) is 0.552. The molecule has 1 aliphatic rings. The Kier molecular flexibility index (Phi) is 6.84. The van der Waals surface area contributed by atoms with Crippen molar-refractivity contribution in [2.45, 2.75) is 51.3 Å². The Hall–Kier alpha value is -1.60. The molecule has 1 N–H and O–H groups in total. The van der Waals surface area contributed by atoms with E-state index in [-0.39, 0.29) is 16.7 Å². The van der Waals surface area contributed by atoms with Gasteiger partial charge >= 0.3 is 0 Å². The van der Waals surface area contributed by atoms with Crippen molar-refractivity contribution in [3.8, 4) is 5.75 Å². The number of anilines is 1. The molecule has 0 bridgehead atoms. The topological polar surface area (TPSA) is 75.7 Å². The van der Waals surface area contributed by atoms with Crippen molar-refractivity contribution in [3.05, 3.63) is 18.2 Å². The lowest BCUT2D eigenvalue weighted by Crippen LogP contribution is -2.35. The van der Waals surface area contributed by atoms with Crippen LogP contribution in [0.1, 0.15) is 46.5 Å². The zero-order valence-electron chi connectivity index (χ0n) is 15.2. The Morgan fingerprint density at radius 2 is 1.92 bits per heavy atom. The van der Waals surface area contributed by atoms with Gasteiger partial charge in [0.1, 0.15) is 5.75 Å². The average Bonchev–Trinajstić information content (AvgIpc) is 2.56. The molecule has 7 heteroatoms. The van der Waals surface area contributed by atoms with Gasteiger partial charge in [0.25, 0.3) is 0 Å². The Bertz CT molecular complexity index is 695. The van der Waals surface area contributed by atoms with Crippen molar-refractivity contribution in [3.63, 3.8) is 0 Å². The highest BCUT2D eigenvalue weighted by molar-refractivity contribution is 7.89. The lowest BCUT2D eigenvalue weighted by Gasteiger charge is -2.26. The molecule has 6 nitrogen and oxygen atoms in total. The summed E-state index contributed by atoms with van der Waals surface area (Å²) in [6.45, 7) is 7.29. The van der Waals surface area contributed by atoms with Crippen LogP contribution in [0, 0.1) is 5.92 Å². The molecule has 2 rings (SSSR count). The van der Waals surface area contributed by atoms with Crippen molar-refractivity contribution >= 4 is 21.6 Å². The minimum absolute atomic E-state index is 0.150. The maximum absolute atomic E-state index is 12.8. The van der Waals surface area contributed by atoms with Gasteiger partial charge in [-0.3, -0.25) is 4.79 Å². The van der Waals surface area contributed by atoms with Crippen LogP contribution in [0.25, 0.3) is 0 Å². The summed E-state index contributed by atoms with van der Waals surface area (Å²) in [7, 11) is -3.55. The van der Waals surface area contributed by atoms with Crippen LogP contribution in [0.4, 0.5) is 5.69 Å². The van der Waals surface area contributed by atoms with Crippen LogP contribution in [-0.4, -0.2) is 38.3 Å². The summed E-state index contributed by atoms with van der Waals surface area (Å²) in [4.78, 5) is 12.3. The van der Waals surface area contributed by atoms with E-state index in [1.54, 1.807) is 12.1 Å². The maximum Gasteiger partial charge on any atom is 0.243 e. The van der Waals surface area contributed by atoms with Gasteiger partial charge < -0.3 is 10.1 Å². The highest BCUT2D eigenvalue weighted by atomic mass is 32.2. The molecule has 1 aromatic carbocycles. The first kappa shape index (κ1) is 19.7. The van der Waals surface area contributed by atoms with Crippen LogP contribution >= 0.6 is 0 Å². The summed E-state index contributed by atoms with van der Waals surface area (Å²) >= 11 is 0. The standard InChI is InChI=1S/C18H28N2O4S/c1-4-24-17-9-8-15(13-16(17)19-18(21)12-14(2)3)25(22,23)20-10-6-5-7-11-20/h8-9,13-14H,4-7,10-12H2,1-3H3,(H,19,21). The molecule has 0 atom stereocenters. The van der Waals surface area contributed by atoms with E-state index in [2.05, 4.69) is 5.32 Å². The third kappa shape index (κ3) is 5.19. The molecule has 1 aromatic rings. The van der Waals surface area contributed by atoms with E-state index in [4.69, 9.17) is 4.74 Å². The number of ether oxygens (including phenoxy) is 1. The van der Waals surface area contributed by atoms with Crippen LogP contribution in [0.3, 0.4) is 0 Å².